The Morgan fingerprint density at radius 3 is 1.55 bits per heavy atom. The van der Waals surface area contributed by atoms with Crippen molar-refractivity contribution in [3.8, 4) is 0 Å². The molecule has 2 aliphatic carbocycles. The van der Waals surface area contributed by atoms with Gasteiger partial charge in [0.05, 0.1) is 16.4 Å². The zero-order valence-electron chi connectivity index (χ0n) is 24.9. The third-order valence-corrected chi connectivity index (χ3v) is 9.30. The van der Waals surface area contributed by atoms with Crippen molar-refractivity contribution in [3.05, 3.63) is 0 Å². The first-order valence-electron chi connectivity index (χ1n) is 13.4. The summed E-state index contributed by atoms with van der Waals surface area (Å²) in [5.41, 5.74) is -2.79. The summed E-state index contributed by atoms with van der Waals surface area (Å²) in [4.78, 5) is 47.0. The summed E-state index contributed by atoms with van der Waals surface area (Å²) in [7, 11) is 2.97. The summed E-state index contributed by atoms with van der Waals surface area (Å²) in [6.45, 7) is 14.4. The zero-order chi connectivity index (χ0) is 30.6. The van der Waals surface area contributed by atoms with Gasteiger partial charge >= 0.3 is 11.9 Å². The average molecular weight is 610 g/mol. The number of methoxy groups -OCH3 is 2. The maximum Gasteiger partial charge on any atom is 0.311 e. The number of carbonyl (C=O) groups excluding carboxylic acids is 4. The number of carbonyl (C=O) groups is 4. The van der Waals surface area contributed by atoms with Crippen LogP contribution in [0.4, 0.5) is 0 Å². The summed E-state index contributed by atoms with van der Waals surface area (Å²) in [6.07, 6.45) is -1.64. The molecule has 4 rings (SSSR count). The molecule has 0 aromatic carbocycles. The maximum absolute atomic E-state index is 12.1. The highest BCUT2D eigenvalue weighted by Crippen LogP contribution is 2.59. The van der Waals surface area contributed by atoms with Crippen molar-refractivity contribution in [1.29, 1.82) is 0 Å². The Labute approximate surface area is 246 Å². The maximum atomic E-state index is 12.1. The minimum atomic E-state index is -1.63. The smallest absolute Gasteiger partial charge is 0.311 e. The largest absolute Gasteiger partial charge is 0.456 e. The number of hydrogen-bond acceptors (Lipinski definition) is 10. The van der Waals surface area contributed by atoms with Crippen LogP contribution in [0.15, 0.2) is 0 Å². The van der Waals surface area contributed by atoms with Crippen LogP contribution in [-0.4, -0.2) is 78.0 Å². The predicted octanol–water partition coefficient (Wildman–Crippen LogP) is 4.15. The van der Waals surface area contributed by atoms with Crippen LogP contribution in [0.3, 0.4) is 0 Å². The molecule has 0 radical (unpaired) electrons. The normalized spacial score (nSPS) is 36.0. The number of ketones is 2. The molecule has 0 aromatic rings. The molecule has 10 nitrogen and oxygen atoms in total. The van der Waals surface area contributed by atoms with Crippen LogP contribution >= 0.6 is 23.2 Å². The molecule has 228 valence electrons. The van der Waals surface area contributed by atoms with Gasteiger partial charge in [-0.05, 0) is 41.5 Å². The standard InChI is InChI=1S/C14H20Cl2O5.C14H22O5/c1-7-9(20-11(18)12(2,3)4)10(19-5)21-13(7)6-8(17)14(13,15)16;1-8-10(18-12(16)13(2,3)4)11(17-5)19-14(8)6-9(15)7-14/h7,9-10H,6H2,1-5H3;8,10-11H,6-7H2,1-5H3/t7-,9+,10+,13-;8-,10+,11+/m00/s1. The van der Waals surface area contributed by atoms with E-state index in [0.29, 0.717) is 12.8 Å². The molecule has 2 saturated carbocycles. The van der Waals surface area contributed by atoms with Crippen LogP contribution < -0.4 is 0 Å². The number of esters is 2. The lowest BCUT2D eigenvalue weighted by molar-refractivity contribution is -0.207. The molecule has 0 N–H and O–H groups in total. The number of alkyl halides is 2. The average Bonchev–Trinajstić information content (AvgIpc) is 3.26. The number of ether oxygens (including phenoxy) is 6. The summed E-state index contributed by atoms with van der Waals surface area (Å²) in [5, 5.41) is 0. The van der Waals surface area contributed by atoms with Gasteiger partial charge in [-0.2, -0.15) is 0 Å². The van der Waals surface area contributed by atoms with E-state index in [-0.39, 0.29) is 41.8 Å². The SMILES string of the molecule is CO[C@@H]1OC2(CC(=O)C2)[C@@H](C)[C@H]1OC(=O)C(C)(C)C.CO[C@@H]1O[C@@]2(CC(=O)C2(Cl)Cl)[C@@H](C)[C@H]1OC(=O)C(C)(C)C. The van der Waals surface area contributed by atoms with Gasteiger partial charge in [0.25, 0.3) is 0 Å². The molecular formula is C28H42Cl2O10. The number of rotatable bonds is 4. The van der Waals surface area contributed by atoms with E-state index in [1.807, 2.05) is 6.92 Å². The Morgan fingerprint density at radius 2 is 1.20 bits per heavy atom. The van der Waals surface area contributed by atoms with Crippen LogP contribution in [-0.2, 0) is 47.6 Å². The van der Waals surface area contributed by atoms with Crippen LogP contribution in [0.5, 0.6) is 0 Å². The van der Waals surface area contributed by atoms with E-state index in [4.69, 9.17) is 51.6 Å². The highest BCUT2D eigenvalue weighted by Gasteiger charge is 2.74. The van der Waals surface area contributed by atoms with Crippen molar-refractivity contribution < 1.29 is 47.6 Å². The van der Waals surface area contributed by atoms with Gasteiger partial charge in [0.1, 0.15) is 11.4 Å². The lowest BCUT2D eigenvalue weighted by Gasteiger charge is -2.49. The number of Topliss-reactive ketones (excluding diaryl/α,β-unsaturated/α-hetero) is 2. The van der Waals surface area contributed by atoms with Gasteiger partial charge in [0.2, 0.25) is 4.33 Å². The first-order chi connectivity index (χ1) is 18.2. The third kappa shape index (κ3) is 5.69. The summed E-state index contributed by atoms with van der Waals surface area (Å²) in [5.74, 6) is -1.16. The zero-order valence-corrected chi connectivity index (χ0v) is 26.4. The molecule has 2 saturated heterocycles. The van der Waals surface area contributed by atoms with Gasteiger partial charge < -0.3 is 28.4 Å². The Morgan fingerprint density at radius 1 is 0.775 bits per heavy atom. The van der Waals surface area contributed by atoms with Crippen molar-refractivity contribution in [3.63, 3.8) is 0 Å². The van der Waals surface area contributed by atoms with Gasteiger partial charge in [-0.1, -0.05) is 37.0 Å². The van der Waals surface area contributed by atoms with Gasteiger partial charge in [-0.25, -0.2) is 0 Å². The molecule has 2 aliphatic heterocycles. The molecule has 12 heteroatoms. The molecule has 7 atom stereocenters. The molecule has 0 bridgehead atoms. The van der Waals surface area contributed by atoms with Crippen molar-refractivity contribution in [2.24, 2.45) is 22.7 Å². The van der Waals surface area contributed by atoms with Gasteiger partial charge in [-0.3, -0.25) is 19.2 Å². The molecular weight excluding hydrogens is 567 g/mol. The van der Waals surface area contributed by atoms with Crippen molar-refractivity contribution in [2.75, 3.05) is 14.2 Å². The van der Waals surface area contributed by atoms with E-state index < -0.39 is 51.2 Å². The van der Waals surface area contributed by atoms with Crippen LogP contribution in [0.25, 0.3) is 0 Å². The summed E-state index contributed by atoms with van der Waals surface area (Å²) >= 11 is 12.2. The molecule has 0 amide bonds. The molecule has 0 aromatic heterocycles. The van der Waals surface area contributed by atoms with Crippen LogP contribution in [0.2, 0.25) is 0 Å². The van der Waals surface area contributed by atoms with E-state index in [2.05, 4.69) is 0 Å². The van der Waals surface area contributed by atoms with Gasteiger partial charge in [0.15, 0.2) is 30.6 Å². The van der Waals surface area contributed by atoms with E-state index in [1.54, 1.807) is 48.5 Å². The Hall–Kier alpha value is -1.30. The fourth-order valence-corrected chi connectivity index (χ4v) is 5.98. The van der Waals surface area contributed by atoms with Gasteiger partial charge in [0, 0.05) is 45.3 Å². The first-order valence-corrected chi connectivity index (χ1v) is 14.2. The number of halogens is 2. The lowest BCUT2D eigenvalue weighted by Crippen LogP contribution is -2.66. The van der Waals surface area contributed by atoms with Crippen molar-refractivity contribution >= 4 is 46.7 Å². The molecule has 40 heavy (non-hydrogen) atoms. The monoisotopic (exact) mass is 608 g/mol. The number of hydrogen-bond donors (Lipinski definition) is 0. The van der Waals surface area contributed by atoms with Gasteiger partial charge in [-0.15, -0.1) is 0 Å². The Kier molecular flexibility index (Phi) is 9.20. The van der Waals surface area contributed by atoms with E-state index in [9.17, 15) is 19.2 Å². The molecule has 4 aliphatic rings. The molecule has 2 spiro atoms. The Bertz CT molecular complexity index is 1020. The third-order valence-electron chi connectivity index (χ3n) is 8.24. The summed E-state index contributed by atoms with van der Waals surface area (Å²) in [6, 6.07) is 0. The lowest BCUT2D eigenvalue weighted by atomic mass is 9.69. The van der Waals surface area contributed by atoms with Crippen molar-refractivity contribution in [1.82, 2.24) is 0 Å². The topological polar surface area (TPSA) is 124 Å². The van der Waals surface area contributed by atoms with Crippen LogP contribution in [0, 0.1) is 22.7 Å². The summed E-state index contributed by atoms with van der Waals surface area (Å²) < 4.78 is 31.6. The minimum absolute atomic E-state index is 0.0403. The van der Waals surface area contributed by atoms with E-state index in [0.717, 1.165) is 0 Å². The molecule has 2 heterocycles. The second kappa shape index (κ2) is 11.1. The Balaban J connectivity index is 0.000000222. The fourth-order valence-electron chi connectivity index (χ4n) is 5.28. The van der Waals surface area contributed by atoms with Crippen molar-refractivity contribution in [2.45, 2.75) is 115 Å². The van der Waals surface area contributed by atoms with Crippen LogP contribution in [0.1, 0.15) is 74.7 Å². The highest BCUT2D eigenvalue weighted by molar-refractivity contribution is 6.61. The van der Waals surface area contributed by atoms with E-state index >= 15 is 0 Å². The molecule has 4 fully saturated rings. The highest BCUT2D eigenvalue weighted by atomic mass is 35.5. The fraction of sp³-hybridized carbons (Fsp3) is 0.857. The first kappa shape index (κ1) is 33.2. The van der Waals surface area contributed by atoms with E-state index in [1.165, 1.54) is 14.2 Å². The minimum Gasteiger partial charge on any atom is -0.456 e. The quantitative estimate of drug-likeness (QED) is 0.339. The molecule has 0 unspecified atom stereocenters. The second-order valence-corrected chi connectivity index (χ2v) is 14.6. The second-order valence-electron chi connectivity index (χ2n) is 13.3. The predicted molar refractivity (Wildman–Crippen MR) is 145 cm³/mol.